The Morgan fingerprint density at radius 3 is 2.72 bits per heavy atom. The van der Waals surface area contributed by atoms with E-state index in [9.17, 15) is 4.79 Å². The van der Waals surface area contributed by atoms with Crippen molar-refractivity contribution in [1.82, 2.24) is 15.0 Å². The van der Waals surface area contributed by atoms with Crippen LogP contribution in [0.25, 0.3) is 10.9 Å². The maximum atomic E-state index is 12.0. The largest absolute Gasteiger partial charge is 0.465 e. The highest BCUT2D eigenvalue weighted by atomic mass is 16.5. The van der Waals surface area contributed by atoms with Gasteiger partial charge in [0.15, 0.2) is 0 Å². The van der Waals surface area contributed by atoms with Gasteiger partial charge in [0.05, 0.1) is 18.2 Å². The van der Waals surface area contributed by atoms with E-state index in [2.05, 4.69) is 25.6 Å². The zero-order chi connectivity index (χ0) is 20.1. The third kappa shape index (κ3) is 4.14. The number of carbonyl (C=O) groups is 1. The molecule has 0 unspecified atom stereocenters. The van der Waals surface area contributed by atoms with Crippen molar-refractivity contribution in [2.75, 3.05) is 17.7 Å². The lowest BCUT2D eigenvalue weighted by Crippen LogP contribution is -2.06. The van der Waals surface area contributed by atoms with E-state index in [1.165, 1.54) is 13.4 Å². The van der Waals surface area contributed by atoms with Gasteiger partial charge in [-0.2, -0.15) is 0 Å². The van der Waals surface area contributed by atoms with Crippen molar-refractivity contribution in [3.05, 3.63) is 84.3 Å². The zero-order valence-electron chi connectivity index (χ0n) is 15.8. The fraction of sp³-hybridized carbons (Fsp3) is 0.0909. The Morgan fingerprint density at radius 1 is 1.00 bits per heavy atom. The van der Waals surface area contributed by atoms with Gasteiger partial charge >= 0.3 is 5.97 Å². The molecule has 2 aromatic carbocycles. The fourth-order valence-corrected chi connectivity index (χ4v) is 3.03. The number of methoxy groups -OCH3 is 1. The highest BCUT2D eigenvalue weighted by Crippen LogP contribution is 2.24. The molecule has 2 aromatic heterocycles. The second-order valence-corrected chi connectivity index (χ2v) is 6.31. The molecule has 4 aromatic rings. The van der Waals surface area contributed by atoms with E-state index in [0.29, 0.717) is 23.4 Å². The van der Waals surface area contributed by atoms with E-state index >= 15 is 0 Å². The second-order valence-electron chi connectivity index (χ2n) is 6.31. The normalized spacial score (nSPS) is 10.5. The first-order chi connectivity index (χ1) is 14.2. The molecule has 0 saturated heterocycles. The number of rotatable bonds is 6. The first kappa shape index (κ1) is 18.4. The lowest BCUT2D eigenvalue weighted by Gasteiger charge is -2.11. The summed E-state index contributed by atoms with van der Waals surface area (Å²) in [6, 6.07) is 19.1. The van der Waals surface area contributed by atoms with Gasteiger partial charge < -0.3 is 15.4 Å². The van der Waals surface area contributed by atoms with Gasteiger partial charge in [0.25, 0.3) is 0 Å². The second kappa shape index (κ2) is 8.35. The van der Waals surface area contributed by atoms with Crippen LogP contribution >= 0.6 is 0 Å². The molecule has 144 valence electrons. The number of benzene rings is 2. The van der Waals surface area contributed by atoms with Crippen LogP contribution in [0.1, 0.15) is 15.9 Å². The van der Waals surface area contributed by atoms with Crippen LogP contribution in [-0.2, 0) is 11.3 Å². The molecule has 29 heavy (non-hydrogen) atoms. The van der Waals surface area contributed by atoms with Gasteiger partial charge in [0.1, 0.15) is 18.0 Å². The number of hydrogen-bond acceptors (Lipinski definition) is 7. The molecular weight excluding hydrogens is 366 g/mol. The molecule has 0 radical (unpaired) electrons. The number of esters is 1. The van der Waals surface area contributed by atoms with E-state index in [1.54, 1.807) is 18.3 Å². The van der Waals surface area contributed by atoms with Crippen molar-refractivity contribution in [3.63, 3.8) is 0 Å². The summed E-state index contributed by atoms with van der Waals surface area (Å²) < 4.78 is 4.84. The van der Waals surface area contributed by atoms with E-state index in [4.69, 9.17) is 4.74 Å². The lowest BCUT2D eigenvalue weighted by molar-refractivity contribution is 0.0603. The summed E-state index contributed by atoms with van der Waals surface area (Å²) in [5.41, 5.74) is 2.99. The van der Waals surface area contributed by atoms with Gasteiger partial charge in [-0.3, -0.25) is 0 Å². The Bertz CT molecular complexity index is 1150. The average molecular weight is 385 g/mol. The minimum absolute atomic E-state index is 0.414. The van der Waals surface area contributed by atoms with Gasteiger partial charge in [-0.05, 0) is 42.0 Å². The number of fused-ring (bicyclic) bond motifs is 1. The molecule has 0 spiro atoms. The highest BCUT2D eigenvalue weighted by molar-refractivity contribution is 6.05. The van der Waals surface area contributed by atoms with Crippen LogP contribution in [0, 0.1) is 0 Å². The van der Waals surface area contributed by atoms with E-state index < -0.39 is 5.97 Å². The number of aromatic nitrogens is 3. The van der Waals surface area contributed by atoms with Crippen molar-refractivity contribution >= 4 is 34.2 Å². The van der Waals surface area contributed by atoms with Crippen LogP contribution in [0.3, 0.4) is 0 Å². The van der Waals surface area contributed by atoms with Crippen molar-refractivity contribution < 1.29 is 9.53 Å². The van der Waals surface area contributed by atoms with Crippen LogP contribution in [0.4, 0.5) is 17.3 Å². The number of carbonyl (C=O) groups excluding carboxylic acids is 1. The number of hydrogen-bond donors (Lipinski definition) is 2. The zero-order valence-corrected chi connectivity index (χ0v) is 15.8. The Kier molecular flexibility index (Phi) is 5.29. The third-order valence-electron chi connectivity index (χ3n) is 4.39. The Balaban J connectivity index is 1.54. The maximum Gasteiger partial charge on any atom is 0.340 e. The topological polar surface area (TPSA) is 89.0 Å². The smallest absolute Gasteiger partial charge is 0.340 e. The quantitative estimate of drug-likeness (QED) is 0.482. The number of nitrogens with zero attached hydrogens (tertiary/aromatic N) is 3. The van der Waals surface area contributed by atoms with Gasteiger partial charge in [-0.25, -0.2) is 19.7 Å². The molecule has 2 N–H and O–H groups in total. The van der Waals surface area contributed by atoms with Gasteiger partial charge in [0.2, 0.25) is 0 Å². The molecule has 7 heteroatoms. The van der Waals surface area contributed by atoms with Gasteiger partial charge in [-0.15, -0.1) is 0 Å². The number of pyridine rings is 1. The molecule has 0 fully saturated rings. The lowest BCUT2D eigenvalue weighted by atomic mass is 10.1. The van der Waals surface area contributed by atoms with Crippen LogP contribution in [0.2, 0.25) is 0 Å². The minimum atomic E-state index is -0.423. The SMILES string of the molecule is COC(=O)c1cccc2c(NCc3cccc(Nc4ccccn4)c3)ncnc12. The van der Waals surface area contributed by atoms with Crippen molar-refractivity contribution in [1.29, 1.82) is 0 Å². The summed E-state index contributed by atoms with van der Waals surface area (Å²) in [6.45, 7) is 0.562. The third-order valence-corrected chi connectivity index (χ3v) is 4.39. The van der Waals surface area contributed by atoms with Crippen molar-refractivity contribution in [2.24, 2.45) is 0 Å². The molecule has 0 amide bonds. The fourth-order valence-electron chi connectivity index (χ4n) is 3.03. The van der Waals surface area contributed by atoms with E-state index in [1.807, 2.05) is 48.5 Å². The molecule has 0 aliphatic rings. The highest BCUT2D eigenvalue weighted by Gasteiger charge is 2.13. The van der Waals surface area contributed by atoms with Gasteiger partial charge in [0, 0.05) is 23.8 Å². The van der Waals surface area contributed by atoms with Crippen LogP contribution < -0.4 is 10.6 Å². The summed E-state index contributed by atoms with van der Waals surface area (Å²) in [5, 5.41) is 7.38. The summed E-state index contributed by atoms with van der Waals surface area (Å²) >= 11 is 0. The maximum absolute atomic E-state index is 12.0. The summed E-state index contributed by atoms with van der Waals surface area (Å²) in [6.07, 6.45) is 3.19. The Labute approximate surface area is 167 Å². The molecule has 0 bridgehead atoms. The summed E-state index contributed by atoms with van der Waals surface area (Å²) in [4.78, 5) is 24.9. The molecule has 0 aliphatic carbocycles. The Hall–Kier alpha value is -4.00. The van der Waals surface area contributed by atoms with Crippen LogP contribution in [-0.4, -0.2) is 28.0 Å². The number of nitrogens with one attached hydrogen (secondary N) is 2. The molecule has 0 atom stereocenters. The van der Waals surface area contributed by atoms with E-state index in [-0.39, 0.29) is 0 Å². The molecule has 7 nitrogen and oxygen atoms in total. The Morgan fingerprint density at radius 2 is 1.90 bits per heavy atom. The number of anilines is 3. The number of para-hydroxylation sites is 1. The van der Waals surface area contributed by atoms with Crippen molar-refractivity contribution in [2.45, 2.75) is 6.54 Å². The standard InChI is InChI=1S/C22H19N5O2/c1-29-22(28)18-9-5-8-17-20(18)25-14-26-21(17)24-13-15-6-4-7-16(12-15)27-19-10-2-3-11-23-19/h2-12,14H,13H2,1H3,(H,23,27)(H,24,25,26). The first-order valence-corrected chi connectivity index (χ1v) is 9.07. The number of ether oxygens (including phenoxy) is 1. The average Bonchev–Trinajstić information content (AvgIpc) is 2.77. The molecular formula is C22H19N5O2. The molecule has 0 aliphatic heterocycles. The minimum Gasteiger partial charge on any atom is -0.465 e. The predicted octanol–water partition coefficient (Wildman–Crippen LogP) is 4.17. The van der Waals surface area contributed by atoms with E-state index in [0.717, 1.165) is 22.5 Å². The predicted molar refractivity (Wildman–Crippen MR) is 112 cm³/mol. The van der Waals surface area contributed by atoms with Gasteiger partial charge in [-0.1, -0.05) is 24.3 Å². The molecule has 4 rings (SSSR count). The van der Waals surface area contributed by atoms with Crippen molar-refractivity contribution in [3.8, 4) is 0 Å². The molecule has 2 heterocycles. The molecule has 0 saturated carbocycles. The summed E-state index contributed by atoms with van der Waals surface area (Å²) in [7, 11) is 1.35. The monoisotopic (exact) mass is 385 g/mol. The summed E-state index contributed by atoms with van der Waals surface area (Å²) in [5.74, 6) is 1.02. The van der Waals surface area contributed by atoms with Crippen LogP contribution in [0.5, 0.6) is 0 Å². The van der Waals surface area contributed by atoms with Crippen LogP contribution in [0.15, 0.2) is 73.2 Å². The first-order valence-electron chi connectivity index (χ1n) is 9.07.